The van der Waals surface area contributed by atoms with E-state index >= 15 is 0 Å². The van der Waals surface area contributed by atoms with Crippen LogP contribution in [0.15, 0.2) is 4.99 Å². The van der Waals surface area contributed by atoms with Gasteiger partial charge >= 0.3 is 6.09 Å². The fraction of sp³-hybridized carbons (Fsp3) is 0.722. The van der Waals surface area contributed by atoms with Crippen LogP contribution in [0.5, 0.6) is 0 Å². The molecule has 1 heterocycles. The molecule has 0 aromatic heterocycles. The summed E-state index contributed by atoms with van der Waals surface area (Å²) in [6.07, 6.45) is 1.15. The lowest BCUT2D eigenvalue weighted by Gasteiger charge is -2.29. The number of primary amides is 1. The van der Waals surface area contributed by atoms with Gasteiger partial charge in [0.1, 0.15) is 17.7 Å². The van der Waals surface area contributed by atoms with E-state index in [0.717, 1.165) is 0 Å². The number of likely N-dealkylation sites (tertiary alicyclic amines) is 1. The molecule has 30 heavy (non-hydrogen) atoms. The van der Waals surface area contributed by atoms with Gasteiger partial charge in [0, 0.05) is 13.1 Å². The molecule has 0 aliphatic carbocycles. The number of rotatable bonds is 9. The minimum Gasteiger partial charge on any atom is -0.444 e. The van der Waals surface area contributed by atoms with E-state index in [1.807, 2.05) is 0 Å². The summed E-state index contributed by atoms with van der Waals surface area (Å²) in [5.41, 5.74) is 14.9. The van der Waals surface area contributed by atoms with Crippen molar-refractivity contribution in [3.8, 4) is 0 Å². The van der Waals surface area contributed by atoms with Crippen LogP contribution in [0.4, 0.5) is 4.79 Å². The Hall–Kier alpha value is -3.05. The van der Waals surface area contributed by atoms with Gasteiger partial charge in [-0.3, -0.25) is 24.3 Å². The second-order valence-corrected chi connectivity index (χ2v) is 8.03. The molecule has 2 atom stereocenters. The lowest BCUT2D eigenvalue weighted by molar-refractivity contribution is -0.132. The molecule has 0 bridgehead atoms. The van der Waals surface area contributed by atoms with Crippen molar-refractivity contribution in [2.45, 2.75) is 64.1 Å². The highest BCUT2D eigenvalue weighted by Gasteiger charge is 2.37. The molecule has 1 aliphatic rings. The predicted molar refractivity (Wildman–Crippen MR) is 110 cm³/mol. The topological polar surface area (TPSA) is 195 Å². The number of ether oxygens (including phenoxy) is 1. The Labute approximate surface area is 175 Å². The van der Waals surface area contributed by atoms with Crippen molar-refractivity contribution >= 4 is 29.8 Å². The van der Waals surface area contributed by atoms with Crippen LogP contribution in [0.2, 0.25) is 0 Å². The zero-order chi connectivity index (χ0) is 22.9. The van der Waals surface area contributed by atoms with Crippen LogP contribution < -0.4 is 27.8 Å². The third-order valence-electron chi connectivity index (χ3n) is 4.20. The van der Waals surface area contributed by atoms with Crippen LogP contribution in [-0.2, 0) is 19.1 Å². The van der Waals surface area contributed by atoms with Gasteiger partial charge < -0.3 is 32.6 Å². The molecule has 170 valence electrons. The number of nitrogens with zero attached hydrogens (tertiary/aromatic N) is 2. The third kappa shape index (κ3) is 8.97. The molecule has 1 fully saturated rings. The van der Waals surface area contributed by atoms with Crippen molar-refractivity contribution < 1.29 is 23.9 Å². The number of aliphatic imine (C=N–C) groups is 1. The largest absolute Gasteiger partial charge is 0.444 e. The summed E-state index contributed by atoms with van der Waals surface area (Å²) in [5.74, 6) is -1.82. The van der Waals surface area contributed by atoms with E-state index in [-0.39, 0.29) is 25.5 Å². The molecule has 0 aromatic carbocycles. The summed E-state index contributed by atoms with van der Waals surface area (Å²) < 4.78 is 5.36. The van der Waals surface area contributed by atoms with Crippen molar-refractivity contribution in [1.29, 1.82) is 0 Å². The summed E-state index contributed by atoms with van der Waals surface area (Å²) in [5, 5.41) is 5.03. The number of guanidine groups is 1. The zero-order valence-electron chi connectivity index (χ0n) is 17.8. The quantitative estimate of drug-likeness (QED) is 0.168. The third-order valence-corrected chi connectivity index (χ3v) is 4.20. The first-order chi connectivity index (χ1) is 13.9. The predicted octanol–water partition coefficient (Wildman–Crippen LogP) is -1.47. The fourth-order valence-electron chi connectivity index (χ4n) is 2.92. The Kier molecular flexibility index (Phi) is 9.34. The van der Waals surface area contributed by atoms with Gasteiger partial charge in [0.25, 0.3) is 0 Å². The van der Waals surface area contributed by atoms with E-state index < -0.39 is 41.5 Å². The molecule has 4 amide bonds. The molecule has 8 N–H and O–H groups in total. The molecule has 0 aromatic rings. The number of nitrogens with one attached hydrogen (secondary N) is 2. The minimum absolute atomic E-state index is 0.0762. The molecule has 2 unspecified atom stereocenters. The smallest absolute Gasteiger partial charge is 0.410 e. The summed E-state index contributed by atoms with van der Waals surface area (Å²) in [6, 6.07) is -1.68. The lowest BCUT2D eigenvalue weighted by Crippen LogP contribution is -2.54. The van der Waals surface area contributed by atoms with Crippen LogP contribution in [0, 0.1) is 0 Å². The molecule has 1 aliphatic heterocycles. The molecule has 12 heteroatoms. The first-order valence-corrected chi connectivity index (χ1v) is 9.82. The van der Waals surface area contributed by atoms with Gasteiger partial charge in [-0.15, -0.1) is 0 Å². The normalized spacial score (nSPS) is 17.0. The van der Waals surface area contributed by atoms with Gasteiger partial charge in [0.2, 0.25) is 17.7 Å². The van der Waals surface area contributed by atoms with Crippen molar-refractivity contribution in [2.24, 2.45) is 22.2 Å². The summed E-state index contributed by atoms with van der Waals surface area (Å²) >= 11 is 0. The lowest BCUT2D eigenvalue weighted by atomic mass is 10.1. The van der Waals surface area contributed by atoms with Crippen LogP contribution in [0.1, 0.15) is 46.5 Å². The second kappa shape index (κ2) is 11.2. The molecule has 0 saturated carbocycles. The highest BCUT2D eigenvalue weighted by Crippen LogP contribution is 2.21. The number of carbonyl (C=O) groups is 4. The SMILES string of the molecule is CC(C)(C)OC(=O)N1CCCC1C(=O)NC(CCCN=C(N)N)C(=O)NCC(N)=O. The number of carbonyl (C=O) groups excluding carboxylic acids is 4. The van der Waals surface area contributed by atoms with Gasteiger partial charge in [-0.25, -0.2) is 4.79 Å². The molecule has 0 spiro atoms. The van der Waals surface area contributed by atoms with Gasteiger partial charge in [-0.1, -0.05) is 0 Å². The number of hydrogen-bond acceptors (Lipinski definition) is 6. The molecule has 1 saturated heterocycles. The number of hydrogen-bond donors (Lipinski definition) is 5. The maximum Gasteiger partial charge on any atom is 0.410 e. The van der Waals surface area contributed by atoms with E-state index in [2.05, 4.69) is 15.6 Å². The van der Waals surface area contributed by atoms with Crippen molar-refractivity contribution in [3.05, 3.63) is 0 Å². The maximum atomic E-state index is 12.8. The van der Waals surface area contributed by atoms with Gasteiger partial charge in [-0.2, -0.15) is 0 Å². The number of amides is 4. The maximum absolute atomic E-state index is 12.8. The molecule has 0 radical (unpaired) electrons. The summed E-state index contributed by atoms with van der Waals surface area (Å²) in [4.78, 5) is 53.8. The van der Waals surface area contributed by atoms with Crippen molar-refractivity contribution in [1.82, 2.24) is 15.5 Å². The molecule has 12 nitrogen and oxygen atoms in total. The van der Waals surface area contributed by atoms with E-state index in [9.17, 15) is 19.2 Å². The Morgan fingerprint density at radius 1 is 1.20 bits per heavy atom. The second-order valence-electron chi connectivity index (χ2n) is 8.03. The van der Waals surface area contributed by atoms with Crippen molar-refractivity contribution in [2.75, 3.05) is 19.6 Å². The average Bonchev–Trinajstić information content (AvgIpc) is 3.10. The van der Waals surface area contributed by atoms with E-state index in [1.54, 1.807) is 20.8 Å². The minimum atomic E-state index is -0.938. The van der Waals surface area contributed by atoms with E-state index in [0.29, 0.717) is 25.8 Å². The standard InChI is InChI=1S/C18H33N7O5/c1-18(2,3)30-17(29)25-9-5-7-12(25)15(28)24-11(6-4-8-22-16(20)21)14(27)23-10-13(19)26/h11-12H,4-10H2,1-3H3,(H2,19,26)(H,23,27)(H,24,28)(H4,20,21,22). The van der Waals surface area contributed by atoms with Crippen LogP contribution in [-0.4, -0.2) is 72.0 Å². The van der Waals surface area contributed by atoms with Gasteiger partial charge in [0.15, 0.2) is 5.96 Å². The van der Waals surface area contributed by atoms with E-state index in [4.69, 9.17) is 21.9 Å². The first-order valence-electron chi connectivity index (χ1n) is 9.82. The van der Waals surface area contributed by atoms with E-state index in [1.165, 1.54) is 4.90 Å². The van der Waals surface area contributed by atoms with Crippen LogP contribution in [0.3, 0.4) is 0 Å². The highest BCUT2D eigenvalue weighted by atomic mass is 16.6. The average molecular weight is 428 g/mol. The summed E-state index contributed by atoms with van der Waals surface area (Å²) in [7, 11) is 0. The monoisotopic (exact) mass is 427 g/mol. The Bertz CT molecular complexity index is 670. The van der Waals surface area contributed by atoms with Gasteiger partial charge in [0.05, 0.1) is 6.54 Å². The summed E-state index contributed by atoms with van der Waals surface area (Å²) in [6.45, 7) is 5.52. The van der Waals surface area contributed by atoms with Crippen molar-refractivity contribution in [3.63, 3.8) is 0 Å². The highest BCUT2D eigenvalue weighted by molar-refractivity contribution is 5.92. The molecular weight excluding hydrogens is 394 g/mol. The Balaban J connectivity index is 2.80. The molecular formula is C18H33N7O5. The fourth-order valence-corrected chi connectivity index (χ4v) is 2.92. The number of nitrogens with two attached hydrogens (primary N) is 3. The molecule has 1 rings (SSSR count). The zero-order valence-corrected chi connectivity index (χ0v) is 17.8. The first kappa shape index (κ1) is 25.0. The van der Waals surface area contributed by atoms with Crippen LogP contribution in [0.25, 0.3) is 0 Å². The van der Waals surface area contributed by atoms with Gasteiger partial charge in [-0.05, 0) is 46.5 Å². The Morgan fingerprint density at radius 3 is 2.43 bits per heavy atom. The Morgan fingerprint density at radius 2 is 1.87 bits per heavy atom. The van der Waals surface area contributed by atoms with Crippen LogP contribution >= 0.6 is 0 Å².